The summed E-state index contributed by atoms with van der Waals surface area (Å²) in [5.74, 6) is 0. The van der Waals surface area contributed by atoms with Gasteiger partial charge in [0.05, 0.1) is 28.5 Å². The molecule has 1 unspecified atom stereocenters. The number of carbonyl (C=O) groups is 1. The third-order valence-corrected chi connectivity index (χ3v) is 5.66. The molecular weight excluding hydrogens is 420 g/mol. The molecule has 5 nitrogen and oxygen atoms in total. The van der Waals surface area contributed by atoms with Crippen LogP contribution in [0.3, 0.4) is 0 Å². The van der Waals surface area contributed by atoms with Gasteiger partial charge in [0.15, 0.2) is 0 Å². The van der Waals surface area contributed by atoms with Crippen molar-refractivity contribution in [2.45, 2.75) is 13.0 Å². The van der Waals surface area contributed by atoms with E-state index in [9.17, 15) is 4.79 Å². The molecule has 0 bridgehead atoms. The number of carbonyl (C=O) groups excluding carboxylic acids is 1. The van der Waals surface area contributed by atoms with E-state index in [0.717, 1.165) is 33.6 Å². The van der Waals surface area contributed by atoms with Crippen molar-refractivity contribution in [2.75, 3.05) is 5.32 Å². The van der Waals surface area contributed by atoms with Crippen LogP contribution in [0.1, 0.15) is 18.5 Å². The Hall–Kier alpha value is -4.51. The molecule has 1 heterocycles. The van der Waals surface area contributed by atoms with Crippen LogP contribution in [-0.4, -0.2) is 16.0 Å². The maximum atomic E-state index is 12.6. The van der Waals surface area contributed by atoms with Crippen molar-refractivity contribution in [3.05, 3.63) is 115 Å². The number of rotatable bonds is 5. The first-order valence-corrected chi connectivity index (χ1v) is 11.2. The van der Waals surface area contributed by atoms with E-state index >= 15 is 0 Å². The maximum Gasteiger partial charge on any atom is 0.319 e. The van der Waals surface area contributed by atoms with Gasteiger partial charge in [-0.15, -0.1) is 0 Å². The molecule has 2 N–H and O–H groups in total. The fraction of sp³-hybridized carbons (Fsp3) is 0.0690. The Balaban J connectivity index is 1.46. The third-order valence-electron chi connectivity index (χ3n) is 5.66. The molecule has 5 rings (SSSR count). The van der Waals surface area contributed by atoms with E-state index in [-0.39, 0.29) is 12.1 Å². The van der Waals surface area contributed by atoms with Gasteiger partial charge in [-0.3, -0.25) is 0 Å². The molecule has 2 amide bonds. The molecule has 5 aromatic rings. The lowest BCUT2D eigenvalue weighted by molar-refractivity contribution is 0.249. The van der Waals surface area contributed by atoms with Crippen molar-refractivity contribution in [2.24, 2.45) is 0 Å². The Kier molecular flexibility index (Phi) is 5.99. The number of benzene rings is 4. The highest BCUT2D eigenvalue weighted by Gasteiger charge is 2.14. The van der Waals surface area contributed by atoms with E-state index in [2.05, 4.69) is 10.6 Å². The van der Waals surface area contributed by atoms with Gasteiger partial charge in [-0.25, -0.2) is 14.8 Å². The van der Waals surface area contributed by atoms with Gasteiger partial charge in [0.25, 0.3) is 0 Å². The molecule has 0 aliphatic carbocycles. The van der Waals surface area contributed by atoms with Crippen LogP contribution in [0.15, 0.2) is 109 Å². The van der Waals surface area contributed by atoms with Crippen LogP contribution < -0.4 is 10.6 Å². The van der Waals surface area contributed by atoms with Crippen LogP contribution in [0.4, 0.5) is 10.5 Å². The summed E-state index contributed by atoms with van der Waals surface area (Å²) in [4.78, 5) is 22.5. The average molecular weight is 445 g/mol. The third kappa shape index (κ3) is 4.64. The predicted molar refractivity (Wildman–Crippen MR) is 137 cm³/mol. The van der Waals surface area contributed by atoms with E-state index in [1.54, 1.807) is 0 Å². The summed E-state index contributed by atoms with van der Waals surface area (Å²) in [6.45, 7) is 1.96. The Bertz CT molecular complexity index is 1420. The number of aromatic nitrogens is 2. The Morgan fingerprint density at radius 2 is 1.21 bits per heavy atom. The average Bonchev–Trinajstić information content (AvgIpc) is 2.89. The molecule has 34 heavy (non-hydrogen) atoms. The molecule has 0 fully saturated rings. The highest BCUT2D eigenvalue weighted by atomic mass is 16.2. The number of fused-ring (bicyclic) bond motifs is 1. The second-order valence-corrected chi connectivity index (χ2v) is 8.09. The molecule has 166 valence electrons. The number of nitrogens with one attached hydrogen (secondary N) is 2. The Morgan fingerprint density at radius 3 is 1.79 bits per heavy atom. The van der Waals surface area contributed by atoms with Crippen LogP contribution >= 0.6 is 0 Å². The number of urea groups is 1. The quantitative estimate of drug-likeness (QED) is 0.312. The summed E-state index contributed by atoms with van der Waals surface area (Å²) in [5, 5.41) is 5.90. The molecule has 1 atom stereocenters. The summed E-state index contributed by atoms with van der Waals surface area (Å²) in [6, 6.07) is 35.2. The van der Waals surface area contributed by atoms with Crippen molar-refractivity contribution < 1.29 is 4.79 Å². The van der Waals surface area contributed by atoms with E-state index in [1.807, 2.05) is 116 Å². The monoisotopic (exact) mass is 444 g/mol. The molecule has 0 aliphatic rings. The van der Waals surface area contributed by atoms with Crippen LogP contribution in [0.2, 0.25) is 0 Å². The van der Waals surface area contributed by atoms with Crippen molar-refractivity contribution in [3.8, 4) is 22.5 Å². The highest BCUT2D eigenvalue weighted by Crippen LogP contribution is 2.31. The van der Waals surface area contributed by atoms with Gasteiger partial charge in [-0.05, 0) is 30.7 Å². The molecule has 0 spiro atoms. The summed E-state index contributed by atoms with van der Waals surface area (Å²) >= 11 is 0. The van der Waals surface area contributed by atoms with Crippen LogP contribution in [0.25, 0.3) is 33.5 Å². The predicted octanol–water partition coefficient (Wildman–Crippen LogP) is 6.85. The smallest absolute Gasteiger partial charge is 0.319 e. The van der Waals surface area contributed by atoms with Crippen LogP contribution in [-0.2, 0) is 0 Å². The highest BCUT2D eigenvalue weighted by molar-refractivity contribution is 5.93. The first-order valence-electron chi connectivity index (χ1n) is 11.2. The molecule has 0 aliphatic heterocycles. The minimum atomic E-state index is -0.271. The zero-order chi connectivity index (χ0) is 23.3. The van der Waals surface area contributed by atoms with Gasteiger partial charge >= 0.3 is 6.03 Å². The van der Waals surface area contributed by atoms with E-state index < -0.39 is 0 Å². The molecule has 0 radical (unpaired) electrons. The zero-order valence-electron chi connectivity index (χ0n) is 18.8. The summed E-state index contributed by atoms with van der Waals surface area (Å²) in [6.07, 6.45) is 0. The Morgan fingerprint density at radius 1 is 0.676 bits per heavy atom. The molecule has 5 heteroatoms. The number of hydrogen-bond donors (Lipinski definition) is 2. The minimum Gasteiger partial charge on any atom is -0.331 e. The number of anilines is 1. The van der Waals surface area contributed by atoms with E-state index in [0.29, 0.717) is 11.2 Å². The van der Waals surface area contributed by atoms with Crippen molar-refractivity contribution in [1.29, 1.82) is 0 Å². The zero-order valence-corrected chi connectivity index (χ0v) is 18.8. The molecular formula is C29H24N4O. The van der Waals surface area contributed by atoms with E-state index in [4.69, 9.17) is 9.97 Å². The topological polar surface area (TPSA) is 66.9 Å². The van der Waals surface area contributed by atoms with Crippen LogP contribution in [0, 0.1) is 0 Å². The van der Waals surface area contributed by atoms with Crippen molar-refractivity contribution in [1.82, 2.24) is 15.3 Å². The lowest BCUT2D eigenvalue weighted by atomic mass is 10.0. The number of nitrogens with zero attached hydrogens (tertiary/aromatic N) is 2. The summed E-state index contributed by atoms with van der Waals surface area (Å²) in [7, 11) is 0. The number of amides is 2. The van der Waals surface area contributed by atoms with Crippen LogP contribution in [0.5, 0.6) is 0 Å². The second-order valence-electron chi connectivity index (χ2n) is 8.09. The maximum absolute atomic E-state index is 12.6. The van der Waals surface area contributed by atoms with E-state index in [1.165, 1.54) is 0 Å². The standard InChI is InChI=1S/C29H24N4O/c1-20(21-11-5-2-6-12-21)30-29(34)31-24-17-18-25-26(19-24)33-28(23-15-9-4-10-16-23)27(32-25)22-13-7-3-8-14-22/h2-20H,1H3,(H2,30,31,34). The molecule has 1 aromatic heterocycles. The van der Waals surface area contributed by atoms with Gasteiger partial charge in [0.2, 0.25) is 0 Å². The first-order chi connectivity index (χ1) is 16.7. The fourth-order valence-corrected chi connectivity index (χ4v) is 3.92. The lowest BCUT2D eigenvalue weighted by Crippen LogP contribution is -2.31. The summed E-state index contributed by atoms with van der Waals surface area (Å²) in [5.41, 5.74) is 6.81. The largest absolute Gasteiger partial charge is 0.331 e. The molecule has 4 aromatic carbocycles. The van der Waals surface area contributed by atoms with Crippen molar-refractivity contribution in [3.63, 3.8) is 0 Å². The van der Waals surface area contributed by atoms with Gasteiger partial charge < -0.3 is 10.6 Å². The normalized spacial score (nSPS) is 11.7. The van der Waals surface area contributed by atoms with Gasteiger partial charge in [0, 0.05) is 16.8 Å². The molecule has 0 saturated carbocycles. The summed E-state index contributed by atoms with van der Waals surface area (Å²) < 4.78 is 0. The molecule has 0 saturated heterocycles. The van der Waals surface area contributed by atoms with Gasteiger partial charge in [-0.1, -0.05) is 91.0 Å². The second kappa shape index (κ2) is 9.55. The minimum absolute atomic E-state index is 0.112. The van der Waals surface area contributed by atoms with Crippen molar-refractivity contribution >= 4 is 22.8 Å². The fourth-order valence-electron chi connectivity index (χ4n) is 3.92. The first kappa shape index (κ1) is 21.3. The Labute approximate surface area is 198 Å². The van der Waals surface area contributed by atoms with Gasteiger partial charge in [0.1, 0.15) is 0 Å². The van der Waals surface area contributed by atoms with Gasteiger partial charge in [-0.2, -0.15) is 0 Å². The SMILES string of the molecule is CC(NC(=O)Nc1ccc2nc(-c3ccccc3)c(-c3ccccc3)nc2c1)c1ccccc1. The lowest BCUT2D eigenvalue weighted by Gasteiger charge is -2.15. The number of hydrogen-bond acceptors (Lipinski definition) is 3.